The number of H-pyrrole nitrogens is 1. The molecule has 1 aromatic rings. The molecule has 1 aliphatic heterocycles. The van der Waals surface area contributed by atoms with Gasteiger partial charge in [0.25, 0.3) is 0 Å². The Morgan fingerprint density at radius 2 is 2.19 bits per heavy atom. The van der Waals surface area contributed by atoms with E-state index in [1.807, 2.05) is 7.05 Å². The monoisotopic (exact) mass is 223 g/mol. The predicted molar refractivity (Wildman–Crippen MR) is 63.7 cm³/mol. The Kier molecular flexibility index (Phi) is 3.96. The van der Waals surface area contributed by atoms with Gasteiger partial charge in [0.2, 0.25) is 0 Å². The van der Waals surface area contributed by atoms with E-state index in [4.69, 9.17) is 9.72 Å². The molecular weight excluding hydrogens is 202 g/mol. The topological polar surface area (TPSA) is 49.9 Å². The van der Waals surface area contributed by atoms with E-state index in [-0.39, 0.29) is 0 Å². The van der Waals surface area contributed by atoms with Crippen molar-refractivity contribution in [2.24, 2.45) is 0 Å². The largest absolute Gasteiger partial charge is 0.381 e. The first-order chi connectivity index (χ1) is 7.81. The smallest absolute Gasteiger partial charge is 0.107 e. The van der Waals surface area contributed by atoms with Gasteiger partial charge in [-0.3, -0.25) is 0 Å². The normalized spacial score (nSPS) is 17.9. The zero-order chi connectivity index (χ0) is 11.4. The highest BCUT2D eigenvalue weighted by atomic mass is 16.5. The molecule has 0 saturated carbocycles. The van der Waals surface area contributed by atoms with Gasteiger partial charge >= 0.3 is 0 Å². The summed E-state index contributed by atoms with van der Waals surface area (Å²) in [6, 6.07) is 0. The summed E-state index contributed by atoms with van der Waals surface area (Å²) < 4.78 is 5.38. The number of aromatic amines is 1. The number of hydrogen-bond donors (Lipinski definition) is 2. The van der Waals surface area contributed by atoms with Gasteiger partial charge in [-0.25, -0.2) is 4.98 Å². The summed E-state index contributed by atoms with van der Waals surface area (Å²) in [5.74, 6) is 1.70. The van der Waals surface area contributed by atoms with Crippen LogP contribution < -0.4 is 5.32 Å². The molecule has 0 unspecified atom stereocenters. The number of aryl methyl sites for hydroxylation is 1. The van der Waals surface area contributed by atoms with E-state index >= 15 is 0 Å². The quantitative estimate of drug-likeness (QED) is 0.810. The second-order valence-corrected chi connectivity index (χ2v) is 4.43. The van der Waals surface area contributed by atoms with Gasteiger partial charge in [0, 0.05) is 37.8 Å². The summed E-state index contributed by atoms with van der Waals surface area (Å²) >= 11 is 0. The summed E-state index contributed by atoms with van der Waals surface area (Å²) in [5, 5.41) is 3.14. The highest BCUT2D eigenvalue weighted by Crippen LogP contribution is 2.27. The Hall–Kier alpha value is -0.870. The fourth-order valence-electron chi connectivity index (χ4n) is 2.27. The van der Waals surface area contributed by atoms with Crippen molar-refractivity contribution < 1.29 is 4.74 Å². The van der Waals surface area contributed by atoms with Gasteiger partial charge in [-0.15, -0.1) is 0 Å². The maximum absolute atomic E-state index is 5.38. The number of nitrogens with zero attached hydrogens (tertiary/aromatic N) is 1. The number of ether oxygens (including phenoxy) is 1. The molecule has 1 aliphatic rings. The van der Waals surface area contributed by atoms with Gasteiger partial charge in [0.1, 0.15) is 5.82 Å². The zero-order valence-corrected chi connectivity index (χ0v) is 10.2. The SMILES string of the molecule is CNCCc1nc(C2CCOCC2)c(C)[nH]1. The number of likely N-dealkylation sites (N-methyl/N-ethyl adjacent to an activating group) is 1. The molecule has 0 aromatic carbocycles. The molecule has 0 atom stereocenters. The molecule has 0 aliphatic carbocycles. The fraction of sp³-hybridized carbons (Fsp3) is 0.750. The zero-order valence-electron chi connectivity index (χ0n) is 10.2. The third-order valence-electron chi connectivity index (χ3n) is 3.19. The lowest BCUT2D eigenvalue weighted by atomic mass is 9.95. The molecule has 0 spiro atoms. The van der Waals surface area contributed by atoms with Crippen LogP contribution in [0.15, 0.2) is 0 Å². The summed E-state index contributed by atoms with van der Waals surface area (Å²) in [6.45, 7) is 4.85. The van der Waals surface area contributed by atoms with Crippen LogP contribution in [0, 0.1) is 6.92 Å². The van der Waals surface area contributed by atoms with Gasteiger partial charge in [-0.05, 0) is 26.8 Å². The standard InChI is InChI=1S/C12H21N3O/c1-9-12(10-4-7-16-8-5-10)15-11(14-9)3-6-13-2/h10,13H,3-8H2,1-2H3,(H,14,15). The first-order valence-corrected chi connectivity index (χ1v) is 6.09. The Labute approximate surface area is 96.8 Å². The predicted octanol–water partition coefficient (Wildman–Crippen LogP) is 1.37. The minimum atomic E-state index is 0.591. The highest BCUT2D eigenvalue weighted by molar-refractivity contribution is 5.18. The minimum Gasteiger partial charge on any atom is -0.381 e. The molecule has 90 valence electrons. The van der Waals surface area contributed by atoms with Crippen LogP contribution in [0.1, 0.15) is 36.0 Å². The van der Waals surface area contributed by atoms with E-state index in [9.17, 15) is 0 Å². The van der Waals surface area contributed by atoms with Gasteiger partial charge in [0.05, 0.1) is 5.69 Å². The van der Waals surface area contributed by atoms with Crippen molar-refractivity contribution in [3.8, 4) is 0 Å². The Bertz CT molecular complexity index is 329. The van der Waals surface area contributed by atoms with Crippen molar-refractivity contribution in [1.29, 1.82) is 0 Å². The number of rotatable bonds is 4. The molecule has 16 heavy (non-hydrogen) atoms. The Morgan fingerprint density at radius 3 is 2.88 bits per heavy atom. The maximum Gasteiger partial charge on any atom is 0.107 e. The molecule has 2 rings (SSSR count). The molecule has 2 heterocycles. The van der Waals surface area contributed by atoms with Crippen molar-refractivity contribution in [2.45, 2.75) is 32.1 Å². The average Bonchev–Trinajstić information content (AvgIpc) is 2.69. The second-order valence-electron chi connectivity index (χ2n) is 4.43. The number of imidazole rings is 1. The van der Waals surface area contributed by atoms with Crippen molar-refractivity contribution in [3.63, 3.8) is 0 Å². The second kappa shape index (κ2) is 5.46. The van der Waals surface area contributed by atoms with Crippen LogP contribution in [0.4, 0.5) is 0 Å². The fourth-order valence-corrected chi connectivity index (χ4v) is 2.27. The molecule has 4 nitrogen and oxygen atoms in total. The summed E-state index contributed by atoms with van der Waals surface area (Å²) in [5.41, 5.74) is 2.49. The van der Waals surface area contributed by atoms with Crippen LogP contribution in [0.2, 0.25) is 0 Å². The lowest BCUT2D eigenvalue weighted by Gasteiger charge is -2.20. The lowest BCUT2D eigenvalue weighted by molar-refractivity contribution is 0.0844. The molecule has 2 N–H and O–H groups in total. The van der Waals surface area contributed by atoms with Crippen molar-refractivity contribution >= 4 is 0 Å². The Morgan fingerprint density at radius 1 is 1.44 bits per heavy atom. The van der Waals surface area contributed by atoms with Gasteiger partial charge < -0.3 is 15.0 Å². The van der Waals surface area contributed by atoms with Crippen LogP contribution in [0.25, 0.3) is 0 Å². The maximum atomic E-state index is 5.38. The van der Waals surface area contributed by atoms with E-state index in [0.29, 0.717) is 5.92 Å². The van der Waals surface area contributed by atoms with E-state index < -0.39 is 0 Å². The van der Waals surface area contributed by atoms with Gasteiger partial charge in [-0.2, -0.15) is 0 Å². The molecule has 0 radical (unpaired) electrons. The molecule has 1 fully saturated rings. The van der Waals surface area contributed by atoms with E-state index in [1.54, 1.807) is 0 Å². The molecule has 4 heteroatoms. The summed E-state index contributed by atoms with van der Waals surface area (Å²) in [4.78, 5) is 8.10. The van der Waals surface area contributed by atoms with Crippen LogP contribution in [-0.2, 0) is 11.2 Å². The summed E-state index contributed by atoms with van der Waals surface area (Å²) in [7, 11) is 1.97. The molecular formula is C12H21N3O. The number of aromatic nitrogens is 2. The number of nitrogens with one attached hydrogen (secondary N) is 2. The minimum absolute atomic E-state index is 0.591. The summed E-state index contributed by atoms with van der Waals surface area (Å²) in [6.07, 6.45) is 3.19. The van der Waals surface area contributed by atoms with Crippen molar-refractivity contribution in [1.82, 2.24) is 15.3 Å². The van der Waals surface area contributed by atoms with Crippen LogP contribution in [0.5, 0.6) is 0 Å². The van der Waals surface area contributed by atoms with Gasteiger partial charge in [-0.1, -0.05) is 0 Å². The molecule has 1 aromatic heterocycles. The lowest BCUT2D eigenvalue weighted by Crippen LogP contribution is -2.15. The van der Waals surface area contributed by atoms with E-state index in [2.05, 4.69) is 17.2 Å². The third kappa shape index (κ3) is 2.62. The first-order valence-electron chi connectivity index (χ1n) is 6.09. The van der Waals surface area contributed by atoms with Crippen LogP contribution >= 0.6 is 0 Å². The first kappa shape index (κ1) is 11.6. The molecule has 0 amide bonds. The van der Waals surface area contributed by atoms with Crippen molar-refractivity contribution in [2.75, 3.05) is 26.8 Å². The van der Waals surface area contributed by atoms with Crippen LogP contribution in [0.3, 0.4) is 0 Å². The van der Waals surface area contributed by atoms with E-state index in [1.165, 1.54) is 11.4 Å². The molecule has 0 bridgehead atoms. The molecule has 1 saturated heterocycles. The number of hydrogen-bond acceptors (Lipinski definition) is 3. The Balaban J connectivity index is 2.04. The average molecular weight is 223 g/mol. The van der Waals surface area contributed by atoms with Crippen LogP contribution in [-0.4, -0.2) is 36.8 Å². The van der Waals surface area contributed by atoms with E-state index in [0.717, 1.165) is 44.8 Å². The van der Waals surface area contributed by atoms with Crippen molar-refractivity contribution in [3.05, 3.63) is 17.2 Å². The third-order valence-corrected chi connectivity index (χ3v) is 3.19. The highest BCUT2D eigenvalue weighted by Gasteiger charge is 2.20. The van der Waals surface area contributed by atoms with Gasteiger partial charge in [0.15, 0.2) is 0 Å².